The van der Waals surface area contributed by atoms with Gasteiger partial charge in [-0.15, -0.1) is 0 Å². The van der Waals surface area contributed by atoms with Crippen LogP contribution in [0.15, 0.2) is 18.2 Å². The molecule has 1 aromatic carbocycles. The van der Waals surface area contributed by atoms with E-state index < -0.39 is 11.6 Å². The predicted octanol–water partition coefficient (Wildman–Crippen LogP) is 2.73. The van der Waals surface area contributed by atoms with E-state index >= 15 is 0 Å². The molecule has 0 radical (unpaired) electrons. The zero-order chi connectivity index (χ0) is 15.5. The van der Waals surface area contributed by atoms with Gasteiger partial charge in [0.2, 0.25) is 0 Å². The van der Waals surface area contributed by atoms with Crippen molar-refractivity contribution in [1.82, 2.24) is 10.2 Å². The van der Waals surface area contributed by atoms with Gasteiger partial charge in [-0.2, -0.15) is 0 Å². The highest BCUT2D eigenvalue weighted by molar-refractivity contribution is 5.25. The van der Waals surface area contributed by atoms with Crippen molar-refractivity contribution in [3.05, 3.63) is 35.4 Å². The summed E-state index contributed by atoms with van der Waals surface area (Å²) in [6, 6.07) is 3.59. The number of hydrogen-bond donors (Lipinski definition) is 1. The summed E-state index contributed by atoms with van der Waals surface area (Å²) < 4.78 is 32.5. The summed E-state index contributed by atoms with van der Waals surface area (Å²) in [6.07, 6.45) is 0.872. The van der Waals surface area contributed by atoms with Crippen molar-refractivity contribution >= 4 is 0 Å². The monoisotopic (exact) mass is 298 g/mol. The Hall–Kier alpha value is -1.04. The zero-order valence-corrected chi connectivity index (χ0v) is 13.0. The van der Waals surface area contributed by atoms with Gasteiger partial charge in [-0.3, -0.25) is 4.90 Å². The molecule has 1 heterocycles. The number of hydrogen-bond acceptors (Lipinski definition) is 3. The first-order chi connectivity index (χ1) is 10.0. The Kier molecular flexibility index (Phi) is 5.30. The van der Waals surface area contributed by atoms with E-state index in [2.05, 4.69) is 24.1 Å². The van der Waals surface area contributed by atoms with E-state index in [9.17, 15) is 8.78 Å². The van der Waals surface area contributed by atoms with E-state index in [4.69, 9.17) is 4.74 Å². The Bertz CT molecular complexity index is 457. The third-order valence-corrected chi connectivity index (χ3v) is 4.58. The summed E-state index contributed by atoms with van der Waals surface area (Å²) in [5, 5.41) is 3.25. The molecule has 0 bridgehead atoms. The summed E-state index contributed by atoms with van der Waals surface area (Å²) in [7, 11) is 1.84. The lowest BCUT2D eigenvalue weighted by atomic mass is 9.82. The third-order valence-electron chi connectivity index (χ3n) is 4.58. The van der Waals surface area contributed by atoms with Crippen LogP contribution < -0.4 is 5.32 Å². The first-order valence-electron chi connectivity index (χ1n) is 7.47. The molecule has 118 valence electrons. The molecule has 5 heteroatoms. The lowest BCUT2D eigenvalue weighted by Gasteiger charge is -2.48. The molecule has 1 saturated heterocycles. The lowest BCUT2D eigenvalue weighted by molar-refractivity contribution is -0.0320. The fourth-order valence-electron chi connectivity index (χ4n) is 3.26. The van der Waals surface area contributed by atoms with Gasteiger partial charge in [0, 0.05) is 24.7 Å². The molecule has 1 N–H and O–H groups in total. The minimum atomic E-state index is -0.536. The molecule has 1 aliphatic heterocycles. The van der Waals surface area contributed by atoms with Gasteiger partial charge in [0.05, 0.1) is 19.3 Å². The maximum atomic E-state index is 13.6. The first kappa shape index (κ1) is 16.3. The van der Waals surface area contributed by atoms with Gasteiger partial charge in [0.25, 0.3) is 0 Å². The number of nitrogens with one attached hydrogen (secondary N) is 1. The molecule has 1 aromatic rings. The van der Waals surface area contributed by atoms with Gasteiger partial charge in [-0.1, -0.05) is 6.92 Å². The number of nitrogens with zero attached hydrogens (tertiary/aromatic N) is 1. The van der Waals surface area contributed by atoms with E-state index in [0.29, 0.717) is 18.8 Å². The van der Waals surface area contributed by atoms with Crippen molar-refractivity contribution in [2.24, 2.45) is 0 Å². The second-order valence-electron chi connectivity index (χ2n) is 5.73. The summed E-state index contributed by atoms with van der Waals surface area (Å²) in [5.41, 5.74) is 0.421. The number of rotatable bonds is 5. The van der Waals surface area contributed by atoms with Gasteiger partial charge in [0.15, 0.2) is 0 Å². The van der Waals surface area contributed by atoms with Crippen molar-refractivity contribution in [2.75, 3.05) is 33.4 Å². The first-order valence-corrected chi connectivity index (χ1v) is 7.47. The maximum Gasteiger partial charge on any atom is 0.126 e. The highest BCUT2D eigenvalue weighted by Crippen LogP contribution is 2.35. The van der Waals surface area contributed by atoms with Crippen molar-refractivity contribution in [3.8, 4) is 0 Å². The van der Waals surface area contributed by atoms with Crippen LogP contribution in [-0.4, -0.2) is 43.8 Å². The van der Waals surface area contributed by atoms with Crippen molar-refractivity contribution < 1.29 is 13.5 Å². The Morgan fingerprint density at radius 1 is 1.24 bits per heavy atom. The van der Waals surface area contributed by atoms with Crippen molar-refractivity contribution in [1.29, 1.82) is 0 Å². The predicted molar refractivity (Wildman–Crippen MR) is 79.2 cm³/mol. The second kappa shape index (κ2) is 6.81. The van der Waals surface area contributed by atoms with Crippen molar-refractivity contribution in [2.45, 2.75) is 31.8 Å². The Morgan fingerprint density at radius 3 is 2.29 bits per heavy atom. The molecule has 0 spiro atoms. The van der Waals surface area contributed by atoms with Gasteiger partial charge in [-0.05, 0) is 38.1 Å². The summed E-state index contributed by atoms with van der Waals surface area (Å²) in [6.45, 7) is 7.31. The highest BCUT2D eigenvalue weighted by Gasteiger charge is 2.39. The van der Waals surface area contributed by atoms with E-state index in [-0.39, 0.29) is 11.6 Å². The lowest BCUT2D eigenvalue weighted by Crippen LogP contribution is -2.57. The molecule has 3 nitrogen and oxygen atoms in total. The molecule has 2 atom stereocenters. The topological polar surface area (TPSA) is 24.5 Å². The fourth-order valence-corrected chi connectivity index (χ4v) is 3.26. The minimum absolute atomic E-state index is 0.147. The Balaban J connectivity index is 2.35. The van der Waals surface area contributed by atoms with Crippen LogP contribution in [0.4, 0.5) is 8.78 Å². The normalized spacial score (nSPS) is 21.0. The molecule has 1 aliphatic rings. The van der Waals surface area contributed by atoms with Crippen LogP contribution in [0.2, 0.25) is 0 Å². The summed E-state index contributed by atoms with van der Waals surface area (Å²) in [5.74, 6) is -1.07. The minimum Gasteiger partial charge on any atom is -0.379 e. The van der Waals surface area contributed by atoms with Crippen LogP contribution >= 0.6 is 0 Å². The van der Waals surface area contributed by atoms with Crippen molar-refractivity contribution in [3.63, 3.8) is 0 Å². The molecule has 0 saturated carbocycles. The standard InChI is InChI=1S/C16H24F2N2O/c1-4-16(2,20-5-7-21-8-6-20)15(19-3)12-9-13(17)11-14(18)10-12/h9-11,15,19H,4-8H2,1-3H3. The highest BCUT2D eigenvalue weighted by atomic mass is 19.1. The maximum absolute atomic E-state index is 13.6. The molecule has 21 heavy (non-hydrogen) atoms. The van der Waals surface area contributed by atoms with Gasteiger partial charge < -0.3 is 10.1 Å². The average molecular weight is 298 g/mol. The molecule has 0 aliphatic carbocycles. The molecule has 0 amide bonds. The van der Waals surface area contributed by atoms with Gasteiger partial charge in [0.1, 0.15) is 11.6 Å². The van der Waals surface area contributed by atoms with Gasteiger partial charge in [-0.25, -0.2) is 8.78 Å². The third kappa shape index (κ3) is 3.42. The second-order valence-corrected chi connectivity index (χ2v) is 5.73. The van der Waals surface area contributed by atoms with Crippen LogP contribution in [-0.2, 0) is 4.74 Å². The Labute approximate surface area is 125 Å². The number of likely N-dealkylation sites (N-methyl/N-ethyl adjacent to an activating group) is 1. The van der Waals surface area contributed by atoms with Crippen LogP contribution in [0.5, 0.6) is 0 Å². The smallest absolute Gasteiger partial charge is 0.126 e. The van der Waals surface area contributed by atoms with E-state index in [1.54, 1.807) is 0 Å². The van der Waals surface area contributed by atoms with Gasteiger partial charge >= 0.3 is 0 Å². The quantitative estimate of drug-likeness (QED) is 0.904. The zero-order valence-electron chi connectivity index (χ0n) is 13.0. The van der Waals surface area contributed by atoms with Crippen LogP contribution in [0, 0.1) is 11.6 Å². The van der Waals surface area contributed by atoms with Crippen LogP contribution in [0.1, 0.15) is 31.9 Å². The Morgan fingerprint density at radius 2 is 1.81 bits per heavy atom. The van der Waals surface area contributed by atoms with E-state index in [0.717, 1.165) is 25.6 Å². The molecule has 2 rings (SSSR count). The molecular formula is C16H24F2N2O. The average Bonchev–Trinajstić information content (AvgIpc) is 2.47. The summed E-state index contributed by atoms with van der Waals surface area (Å²) >= 11 is 0. The number of halogens is 2. The van der Waals surface area contributed by atoms with E-state index in [1.807, 2.05) is 7.05 Å². The van der Waals surface area contributed by atoms with E-state index in [1.165, 1.54) is 12.1 Å². The number of ether oxygens (including phenoxy) is 1. The molecular weight excluding hydrogens is 274 g/mol. The largest absolute Gasteiger partial charge is 0.379 e. The number of benzene rings is 1. The summed E-state index contributed by atoms with van der Waals surface area (Å²) in [4.78, 5) is 2.35. The van der Waals surface area contributed by atoms with Crippen LogP contribution in [0.25, 0.3) is 0 Å². The molecule has 2 unspecified atom stereocenters. The SMILES string of the molecule is CCC(C)(C(NC)c1cc(F)cc(F)c1)N1CCOCC1. The number of morpholine rings is 1. The van der Waals surface area contributed by atoms with Crippen LogP contribution in [0.3, 0.4) is 0 Å². The fraction of sp³-hybridized carbons (Fsp3) is 0.625. The molecule has 0 aromatic heterocycles. The molecule has 1 fully saturated rings.